The minimum absolute atomic E-state index is 0.167. The molecule has 0 atom stereocenters. The Labute approximate surface area is 159 Å². The first kappa shape index (κ1) is 22.1. The molecule has 0 bridgehead atoms. The van der Waals surface area contributed by atoms with Gasteiger partial charge in [-0.3, -0.25) is 0 Å². The van der Waals surface area contributed by atoms with Crippen LogP contribution in [0.4, 0.5) is 13.2 Å². The average molecular weight is 375 g/mol. The van der Waals surface area contributed by atoms with Crippen LogP contribution < -0.4 is 0 Å². The maximum atomic E-state index is 12.9. The van der Waals surface area contributed by atoms with Crippen molar-refractivity contribution in [1.82, 2.24) is 0 Å². The largest absolute Gasteiger partial charge is 0.391 e. The number of hydrogen-bond acceptors (Lipinski definition) is 0. The molecule has 0 aliphatic heterocycles. The molecule has 0 amide bonds. The minimum atomic E-state index is -3.99. The highest BCUT2D eigenvalue weighted by Gasteiger charge is 2.44. The molecule has 2 saturated carbocycles. The van der Waals surface area contributed by atoms with Gasteiger partial charge in [-0.1, -0.05) is 41.5 Å². The Bertz CT molecular complexity index is 439. The van der Waals surface area contributed by atoms with E-state index in [0.29, 0.717) is 29.6 Å². The van der Waals surface area contributed by atoms with Gasteiger partial charge in [-0.05, 0) is 92.3 Å². The Morgan fingerprint density at radius 2 is 1.19 bits per heavy atom. The van der Waals surface area contributed by atoms with E-state index in [0.717, 1.165) is 25.2 Å². The second-order valence-corrected chi connectivity index (χ2v) is 11.5. The molecule has 0 radical (unpaired) electrons. The Morgan fingerprint density at radius 3 is 1.62 bits per heavy atom. The third-order valence-corrected chi connectivity index (χ3v) is 8.09. The summed E-state index contributed by atoms with van der Waals surface area (Å²) in [6, 6.07) is 0. The molecule has 0 nitrogen and oxygen atoms in total. The second-order valence-electron chi connectivity index (χ2n) is 11.5. The molecule has 0 saturated heterocycles. The molecule has 0 aromatic carbocycles. The summed E-state index contributed by atoms with van der Waals surface area (Å²) in [6.07, 6.45) is 5.85. The van der Waals surface area contributed by atoms with Gasteiger partial charge in [0.05, 0.1) is 5.92 Å². The van der Waals surface area contributed by atoms with E-state index in [9.17, 15) is 13.2 Å². The van der Waals surface area contributed by atoms with Gasteiger partial charge >= 0.3 is 6.18 Å². The zero-order valence-corrected chi connectivity index (χ0v) is 17.9. The Balaban J connectivity index is 1.83. The summed E-state index contributed by atoms with van der Waals surface area (Å²) in [7, 11) is 0. The Hall–Kier alpha value is -0.210. The molecule has 2 aliphatic rings. The lowest BCUT2D eigenvalue weighted by Gasteiger charge is -2.45. The van der Waals surface area contributed by atoms with Gasteiger partial charge in [-0.25, -0.2) is 0 Å². The molecule has 154 valence electrons. The molecule has 2 fully saturated rings. The summed E-state index contributed by atoms with van der Waals surface area (Å²) in [5, 5.41) is 0. The van der Waals surface area contributed by atoms with Gasteiger partial charge in [0.15, 0.2) is 0 Å². The fourth-order valence-electron chi connectivity index (χ4n) is 5.46. The van der Waals surface area contributed by atoms with Crippen molar-refractivity contribution < 1.29 is 13.2 Å². The first-order valence-corrected chi connectivity index (χ1v) is 10.8. The maximum Gasteiger partial charge on any atom is 0.391 e. The number of rotatable bonds is 4. The second kappa shape index (κ2) is 7.66. The smallest absolute Gasteiger partial charge is 0.171 e. The van der Waals surface area contributed by atoms with Crippen LogP contribution in [0.25, 0.3) is 0 Å². The summed E-state index contributed by atoms with van der Waals surface area (Å²) in [6.45, 7) is 14.1. The van der Waals surface area contributed by atoms with E-state index in [2.05, 4.69) is 41.5 Å². The predicted molar refractivity (Wildman–Crippen MR) is 104 cm³/mol. The summed E-state index contributed by atoms with van der Waals surface area (Å²) in [4.78, 5) is 0. The molecule has 0 unspecified atom stereocenters. The molecule has 26 heavy (non-hydrogen) atoms. The van der Waals surface area contributed by atoms with E-state index in [1.54, 1.807) is 0 Å². The van der Waals surface area contributed by atoms with E-state index in [1.807, 2.05) is 0 Å². The van der Waals surface area contributed by atoms with Crippen molar-refractivity contribution in [2.75, 3.05) is 0 Å². The maximum absolute atomic E-state index is 12.9. The number of hydrogen-bond donors (Lipinski definition) is 0. The van der Waals surface area contributed by atoms with Gasteiger partial charge in [0.1, 0.15) is 0 Å². The van der Waals surface area contributed by atoms with Gasteiger partial charge < -0.3 is 0 Å². The molecule has 0 aromatic heterocycles. The molecular formula is C23H41F3. The van der Waals surface area contributed by atoms with Crippen LogP contribution in [0.5, 0.6) is 0 Å². The number of alkyl halides is 3. The van der Waals surface area contributed by atoms with Gasteiger partial charge in [0.25, 0.3) is 0 Å². The summed E-state index contributed by atoms with van der Waals surface area (Å²) in [5.74, 6) is 0.233. The lowest BCUT2D eigenvalue weighted by molar-refractivity contribution is -0.186. The molecule has 0 spiro atoms. The van der Waals surface area contributed by atoms with Crippen LogP contribution in [0.2, 0.25) is 0 Å². The van der Waals surface area contributed by atoms with E-state index < -0.39 is 12.1 Å². The molecule has 0 heterocycles. The van der Waals surface area contributed by atoms with Gasteiger partial charge in [0, 0.05) is 0 Å². The minimum Gasteiger partial charge on any atom is -0.171 e. The highest BCUT2D eigenvalue weighted by atomic mass is 19.4. The van der Waals surface area contributed by atoms with Crippen molar-refractivity contribution in [2.24, 2.45) is 34.0 Å². The Kier molecular flexibility index (Phi) is 6.51. The first-order chi connectivity index (χ1) is 11.7. The summed E-state index contributed by atoms with van der Waals surface area (Å²) >= 11 is 0. The molecule has 2 aliphatic carbocycles. The van der Waals surface area contributed by atoms with Crippen LogP contribution in [0.1, 0.15) is 106 Å². The van der Waals surface area contributed by atoms with Crippen LogP contribution >= 0.6 is 0 Å². The normalized spacial score (nSPS) is 34.7. The van der Waals surface area contributed by atoms with Gasteiger partial charge in [0.2, 0.25) is 0 Å². The summed E-state index contributed by atoms with van der Waals surface area (Å²) < 4.78 is 38.8. The van der Waals surface area contributed by atoms with Crippen LogP contribution in [0.3, 0.4) is 0 Å². The fourth-order valence-corrected chi connectivity index (χ4v) is 5.46. The molecule has 0 aromatic rings. The first-order valence-electron chi connectivity index (χ1n) is 10.8. The number of halogens is 3. The van der Waals surface area contributed by atoms with Crippen molar-refractivity contribution in [1.29, 1.82) is 0 Å². The third-order valence-electron chi connectivity index (χ3n) is 8.09. The topological polar surface area (TPSA) is 0 Å². The van der Waals surface area contributed by atoms with Crippen LogP contribution in [-0.2, 0) is 0 Å². The molecule has 0 N–H and O–H groups in total. The quantitative estimate of drug-likeness (QED) is 0.463. The zero-order chi connectivity index (χ0) is 19.8. The summed E-state index contributed by atoms with van der Waals surface area (Å²) in [5.41, 5.74) is 1.01. The van der Waals surface area contributed by atoms with Crippen molar-refractivity contribution in [2.45, 2.75) is 112 Å². The van der Waals surface area contributed by atoms with Crippen molar-refractivity contribution in [3.63, 3.8) is 0 Å². The lowest BCUT2D eigenvalue weighted by atomic mass is 9.60. The lowest BCUT2D eigenvalue weighted by Crippen LogP contribution is -2.35. The van der Waals surface area contributed by atoms with Crippen molar-refractivity contribution in [3.05, 3.63) is 0 Å². The van der Waals surface area contributed by atoms with Crippen molar-refractivity contribution >= 4 is 0 Å². The highest BCUT2D eigenvalue weighted by molar-refractivity contribution is 4.90. The van der Waals surface area contributed by atoms with E-state index >= 15 is 0 Å². The van der Waals surface area contributed by atoms with E-state index in [1.165, 1.54) is 32.1 Å². The average Bonchev–Trinajstić information content (AvgIpc) is 2.52. The van der Waals surface area contributed by atoms with Gasteiger partial charge in [-0.15, -0.1) is 0 Å². The van der Waals surface area contributed by atoms with Crippen LogP contribution in [0, 0.1) is 34.0 Å². The van der Waals surface area contributed by atoms with Gasteiger partial charge in [-0.2, -0.15) is 13.2 Å². The van der Waals surface area contributed by atoms with Crippen LogP contribution in [0.15, 0.2) is 0 Å². The highest BCUT2D eigenvalue weighted by Crippen LogP contribution is 2.51. The Morgan fingerprint density at radius 1 is 0.731 bits per heavy atom. The SMILES string of the molecule is CC1(CCC(C)(C)C2CCC(C(F)(F)F)CC2)CCC(C(C)(C)C)CC1. The van der Waals surface area contributed by atoms with Crippen molar-refractivity contribution in [3.8, 4) is 0 Å². The van der Waals surface area contributed by atoms with E-state index in [4.69, 9.17) is 0 Å². The zero-order valence-electron chi connectivity index (χ0n) is 17.9. The monoisotopic (exact) mass is 374 g/mol. The third kappa shape index (κ3) is 5.64. The molecule has 3 heteroatoms. The van der Waals surface area contributed by atoms with Crippen LogP contribution in [-0.4, -0.2) is 6.18 Å². The fraction of sp³-hybridized carbons (Fsp3) is 1.00. The molecular weight excluding hydrogens is 333 g/mol. The molecule has 2 rings (SSSR count). The predicted octanol–water partition coefficient (Wildman–Crippen LogP) is 8.40. The van der Waals surface area contributed by atoms with E-state index in [-0.39, 0.29) is 5.41 Å². The standard InChI is InChI=1S/C23H41F3/c1-20(2,3)17-11-13-22(6,14-12-17)16-15-21(4,5)18-7-9-19(10-8-18)23(24,25)26/h17-19H,7-16H2,1-6H3.